The zero-order chi connectivity index (χ0) is 14.2. The van der Waals surface area contributed by atoms with Gasteiger partial charge in [0.05, 0.1) is 0 Å². The first-order valence-corrected chi connectivity index (χ1v) is 7.32. The van der Waals surface area contributed by atoms with Crippen LogP contribution in [-0.2, 0) is 4.79 Å². The third kappa shape index (κ3) is 2.64. The van der Waals surface area contributed by atoms with Gasteiger partial charge in [-0.25, -0.2) is 0 Å². The third-order valence-electron chi connectivity index (χ3n) is 4.45. The smallest absolute Gasteiger partial charge is 0.223 e. The lowest BCUT2D eigenvalue weighted by Gasteiger charge is -2.39. The third-order valence-corrected chi connectivity index (χ3v) is 4.68. The maximum absolute atomic E-state index is 12.4. The van der Waals surface area contributed by atoms with Crippen LogP contribution in [0.5, 0.6) is 0 Å². The van der Waals surface area contributed by atoms with Crippen molar-refractivity contribution in [1.29, 1.82) is 0 Å². The van der Waals surface area contributed by atoms with Gasteiger partial charge in [-0.05, 0) is 44.9 Å². The molecule has 1 aliphatic rings. The van der Waals surface area contributed by atoms with Crippen molar-refractivity contribution < 1.29 is 4.79 Å². The second-order valence-corrected chi connectivity index (χ2v) is 6.47. The highest BCUT2D eigenvalue weighted by Gasteiger charge is 2.43. The van der Waals surface area contributed by atoms with Crippen molar-refractivity contribution in [2.24, 2.45) is 0 Å². The highest BCUT2D eigenvalue weighted by molar-refractivity contribution is 6.30. The van der Waals surface area contributed by atoms with Crippen LogP contribution in [0, 0.1) is 0 Å². The summed E-state index contributed by atoms with van der Waals surface area (Å²) in [6, 6.07) is 8.12. The molecular weight excluding hydrogens is 258 g/mol. The van der Waals surface area contributed by atoms with Crippen molar-refractivity contribution in [1.82, 2.24) is 4.90 Å². The van der Waals surface area contributed by atoms with Crippen LogP contribution in [0.4, 0.5) is 0 Å². The Bertz CT molecular complexity index is 483. The number of hydrogen-bond donors (Lipinski definition) is 0. The van der Waals surface area contributed by atoms with Crippen LogP contribution in [-0.4, -0.2) is 22.4 Å². The minimum Gasteiger partial charge on any atom is -0.334 e. The van der Waals surface area contributed by atoms with Gasteiger partial charge in [0.1, 0.15) is 0 Å². The molecule has 0 aliphatic carbocycles. The summed E-state index contributed by atoms with van der Waals surface area (Å²) in [5, 5.41) is 0.741. The summed E-state index contributed by atoms with van der Waals surface area (Å²) >= 11 is 6.06. The van der Waals surface area contributed by atoms with Crippen LogP contribution in [0.3, 0.4) is 0 Å². The predicted molar refractivity (Wildman–Crippen MR) is 79.5 cm³/mol. The van der Waals surface area contributed by atoms with Gasteiger partial charge in [-0.15, -0.1) is 0 Å². The lowest BCUT2D eigenvalue weighted by Crippen LogP contribution is -2.48. The van der Waals surface area contributed by atoms with Gasteiger partial charge in [0, 0.05) is 28.9 Å². The van der Waals surface area contributed by atoms with Gasteiger partial charge in [-0.2, -0.15) is 0 Å². The Morgan fingerprint density at radius 3 is 2.68 bits per heavy atom. The van der Waals surface area contributed by atoms with E-state index >= 15 is 0 Å². The van der Waals surface area contributed by atoms with Crippen molar-refractivity contribution >= 4 is 17.5 Å². The number of benzene rings is 1. The summed E-state index contributed by atoms with van der Waals surface area (Å²) in [6.07, 6.45) is 1.55. The molecule has 3 heteroatoms. The summed E-state index contributed by atoms with van der Waals surface area (Å²) in [5.74, 6) is 0.501. The Balaban J connectivity index is 2.30. The van der Waals surface area contributed by atoms with Crippen LogP contribution in [0.1, 0.15) is 52.0 Å². The Morgan fingerprint density at radius 1 is 1.42 bits per heavy atom. The van der Waals surface area contributed by atoms with Crippen LogP contribution in [0.25, 0.3) is 0 Å². The molecule has 1 heterocycles. The molecule has 2 nitrogen and oxygen atoms in total. The van der Waals surface area contributed by atoms with Crippen LogP contribution in [0.2, 0.25) is 5.02 Å². The monoisotopic (exact) mass is 279 g/mol. The molecule has 1 aromatic carbocycles. The lowest BCUT2D eigenvalue weighted by atomic mass is 9.91. The van der Waals surface area contributed by atoms with E-state index < -0.39 is 0 Å². The number of likely N-dealkylation sites (tertiary alicyclic amines) is 1. The van der Waals surface area contributed by atoms with Crippen molar-refractivity contribution in [3.8, 4) is 0 Å². The van der Waals surface area contributed by atoms with Gasteiger partial charge in [-0.1, -0.05) is 30.7 Å². The molecule has 0 N–H and O–H groups in total. The first-order chi connectivity index (χ1) is 8.86. The SMILES string of the molecule is CCC(C)(C)N1C(=O)C[C@H](c2cccc(Cl)c2)[C@@H]1C. The number of hydrogen-bond acceptors (Lipinski definition) is 1. The fourth-order valence-corrected chi connectivity index (χ4v) is 3.26. The van der Waals surface area contributed by atoms with Gasteiger partial charge in [-0.3, -0.25) is 4.79 Å². The molecule has 1 saturated heterocycles. The maximum atomic E-state index is 12.4. The van der Waals surface area contributed by atoms with Gasteiger partial charge in [0.15, 0.2) is 0 Å². The minimum atomic E-state index is -0.0795. The van der Waals surface area contributed by atoms with Crippen LogP contribution in [0.15, 0.2) is 24.3 Å². The maximum Gasteiger partial charge on any atom is 0.223 e. The highest BCUT2D eigenvalue weighted by atomic mass is 35.5. The molecule has 0 bridgehead atoms. The van der Waals surface area contributed by atoms with Crippen molar-refractivity contribution in [2.45, 2.75) is 58.0 Å². The van der Waals surface area contributed by atoms with Gasteiger partial charge >= 0.3 is 0 Å². The number of amides is 1. The van der Waals surface area contributed by atoms with Crippen molar-refractivity contribution in [3.05, 3.63) is 34.9 Å². The molecule has 0 radical (unpaired) electrons. The molecule has 104 valence electrons. The van der Waals surface area contributed by atoms with Gasteiger partial charge < -0.3 is 4.90 Å². The van der Waals surface area contributed by atoms with Crippen molar-refractivity contribution in [2.75, 3.05) is 0 Å². The van der Waals surface area contributed by atoms with E-state index in [0.29, 0.717) is 6.42 Å². The summed E-state index contributed by atoms with van der Waals surface area (Å²) in [4.78, 5) is 14.4. The predicted octanol–water partition coefficient (Wildman–Crippen LogP) is 4.23. The topological polar surface area (TPSA) is 20.3 Å². The van der Waals surface area contributed by atoms with E-state index in [4.69, 9.17) is 11.6 Å². The lowest BCUT2D eigenvalue weighted by molar-refractivity contribution is -0.134. The molecule has 0 spiro atoms. The molecule has 1 aliphatic heterocycles. The van der Waals surface area contributed by atoms with E-state index in [1.165, 1.54) is 5.56 Å². The molecule has 1 amide bonds. The fraction of sp³-hybridized carbons (Fsp3) is 0.562. The molecule has 0 saturated carbocycles. The van der Waals surface area contributed by atoms with E-state index in [1.807, 2.05) is 18.2 Å². The summed E-state index contributed by atoms with van der Waals surface area (Å²) in [6.45, 7) is 8.56. The second kappa shape index (κ2) is 5.16. The molecule has 2 rings (SSSR count). The molecule has 19 heavy (non-hydrogen) atoms. The first-order valence-electron chi connectivity index (χ1n) is 6.94. The molecule has 1 aromatic rings. The average Bonchev–Trinajstić information content (AvgIpc) is 2.65. The molecule has 2 atom stereocenters. The number of nitrogens with zero attached hydrogens (tertiary/aromatic N) is 1. The van der Waals surface area contributed by atoms with Crippen LogP contribution >= 0.6 is 11.6 Å². The zero-order valence-corrected chi connectivity index (χ0v) is 12.9. The van der Waals surface area contributed by atoms with Crippen LogP contribution < -0.4 is 0 Å². The minimum absolute atomic E-state index is 0.0795. The quantitative estimate of drug-likeness (QED) is 0.811. The molecular formula is C16H22ClNO. The normalized spacial score (nSPS) is 24.1. The highest BCUT2D eigenvalue weighted by Crippen LogP contribution is 2.39. The number of rotatable bonds is 3. The Hall–Kier alpha value is -1.02. The average molecular weight is 280 g/mol. The molecule has 1 fully saturated rings. The second-order valence-electron chi connectivity index (χ2n) is 6.04. The number of carbonyl (C=O) groups is 1. The largest absolute Gasteiger partial charge is 0.334 e. The zero-order valence-electron chi connectivity index (χ0n) is 12.1. The first kappa shape index (κ1) is 14.4. The Kier molecular flexibility index (Phi) is 3.91. The van der Waals surface area contributed by atoms with E-state index in [0.717, 1.165) is 11.4 Å². The van der Waals surface area contributed by atoms with E-state index in [-0.39, 0.29) is 23.4 Å². The Morgan fingerprint density at radius 2 is 2.11 bits per heavy atom. The Labute approximate surface area is 120 Å². The van der Waals surface area contributed by atoms with E-state index in [2.05, 4.69) is 38.7 Å². The summed E-state index contributed by atoms with van der Waals surface area (Å²) < 4.78 is 0. The number of halogens is 1. The molecule has 0 aromatic heterocycles. The van der Waals surface area contributed by atoms with Gasteiger partial charge in [0.25, 0.3) is 0 Å². The number of carbonyl (C=O) groups excluding carboxylic acids is 1. The summed E-state index contributed by atoms with van der Waals surface area (Å²) in [7, 11) is 0. The summed E-state index contributed by atoms with van der Waals surface area (Å²) in [5.41, 5.74) is 1.09. The fourth-order valence-electron chi connectivity index (χ4n) is 3.06. The van der Waals surface area contributed by atoms with E-state index in [9.17, 15) is 4.79 Å². The van der Waals surface area contributed by atoms with E-state index in [1.54, 1.807) is 0 Å². The standard InChI is InChI=1S/C16H22ClNO/c1-5-16(3,4)18-11(2)14(10-15(18)19)12-7-6-8-13(17)9-12/h6-9,11,14H,5,10H2,1-4H3/t11-,14-/m0/s1. The molecule has 0 unspecified atom stereocenters. The van der Waals surface area contributed by atoms with Gasteiger partial charge in [0.2, 0.25) is 5.91 Å². The van der Waals surface area contributed by atoms with Crippen molar-refractivity contribution in [3.63, 3.8) is 0 Å².